The summed E-state index contributed by atoms with van der Waals surface area (Å²) in [7, 11) is 0. The van der Waals surface area contributed by atoms with E-state index in [-0.39, 0.29) is 0 Å². The van der Waals surface area contributed by atoms with Crippen LogP contribution < -0.4 is 5.32 Å². The largest absolute Gasteiger partial charge is 0.368 e. The minimum Gasteiger partial charge on any atom is -0.368 e. The van der Waals surface area contributed by atoms with Gasteiger partial charge < -0.3 is 15.4 Å². The lowest BCUT2D eigenvalue weighted by molar-refractivity contribution is 0.203. The van der Waals surface area contributed by atoms with E-state index in [2.05, 4.69) is 22.4 Å². The van der Waals surface area contributed by atoms with Gasteiger partial charge in [-0.05, 0) is 12.1 Å². The molecule has 1 atom stereocenters. The Hall–Kier alpha value is -2.26. The van der Waals surface area contributed by atoms with Crippen molar-refractivity contribution in [1.82, 2.24) is 4.98 Å². The number of aromatic amines is 1. The Kier molecular flexibility index (Phi) is 1.82. The van der Waals surface area contributed by atoms with Gasteiger partial charge in [0.2, 0.25) is 0 Å². The smallest absolute Gasteiger partial charge is 0.166 e. The zero-order valence-corrected chi connectivity index (χ0v) is 9.64. The molecule has 3 aromatic rings. The highest BCUT2D eigenvalue weighted by molar-refractivity contribution is 6.02. The summed E-state index contributed by atoms with van der Waals surface area (Å²) in [5.41, 5.74) is 5.11. The molecule has 0 bridgehead atoms. The number of nitrogens with one attached hydrogen (secondary N) is 2. The highest BCUT2D eigenvalue weighted by Crippen LogP contribution is 2.43. The van der Waals surface area contributed by atoms with Crippen LogP contribution in [0.1, 0.15) is 11.9 Å². The zero-order chi connectivity index (χ0) is 12.1. The molecule has 0 spiro atoms. The molecule has 2 aromatic carbocycles. The van der Waals surface area contributed by atoms with Crippen LogP contribution in [-0.4, -0.2) is 10.1 Å². The molecule has 3 heteroatoms. The van der Waals surface area contributed by atoms with Crippen LogP contribution >= 0.6 is 0 Å². The fourth-order valence-electron chi connectivity index (χ4n) is 2.70. The van der Waals surface area contributed by atoms with Crippen LogP contribution in [0, 0.1) is 0 Å². The third kappa shape index (κ3) is 1.17. The SMILES string of the molecule is OC1Nc2ccccc2-c2c1[nH]c1ccccc21. The maximum atomic E-state index is 10.2. The number of H-pyrrole nitrogens is 1. The first-order chi connectivity index (χ1) is 8.84. The van der Waals surface area contributed by atoms with Crippen LogP contribution in [0.15, 0.2) is 48.5 Å². The van der Waals surface area contributed by atoms with Crippen LogP contribution in [-0.2, 0) is 0 Å². The number of fused-ring (bicyclic) bond motifs is 5. The number of para-hydroxylation sites is 2. The Morgan fingerprint density at radius 2 is 1.72 bits per heavy atom. The van der Waals surface area contributed by atoms with E-state index in [1.54, 1.807) is 0 Å². The second-order valence-electron chi connectivity index (χ2n) is 4.55. The van der Waals surface area contributed by atoms with Crippen LogP contribution in [0.4, 0.5) is 5.69 Å². The van der Waals surface area contributed by atoms with E-state index in [1.165, 1.54) is 0 Å². The summed E-state index contributed by atoms with van der Waals surface area (Å²) in [6.45, 7) is 0. The third-order valence-electron chi connectivity index (χ3n) is 3.50. The molecular formula is C15H12N2O. The summed E-state index contributed by atoms with van der Waals surface area (Å²) in [6, 6.07) is 16.2. The molecule has 0 fully saturated rings. The number of hydrogen-bond acceptors (Lipinski definition) is 2. The van der Waals surface area contributed by atoms with Gasteiger partial charge in [-0.1, -0.05) is 36.4 Å². The Morgan fingerprint density at radius 3 is 2.67 bits per heavy atom. The maximum Gasteiger partial charge on any atom is 0.166 e. The first-order valence-electron chi connectivity index (χ1n) is 5.99. The van der Waals surface area contributed by atoms with Gasteiger partial charge in [-0.15, -0.1) is 0 Å². The average molecular weight is 236 g/mol. The fourth-order valence-corrected chi connectivity index (χ4v) is 2.70. The minimum atomic E-state index is -0.678. The van der Waals surface area contributed by atoms with Crippen molar-refractivity contribution in [3.05, 3.63) is 54.2 Å². The fraction of sp³-hybridized carbons (Fsp3) is 0.0667. The summed E-state index contributed by atoms with van der Waals surface area (Å²) in [6.07, 6.45) is -0.678. The van der Waals surface area contributed by atoms with Crippen molar-refractivity contribution in [3.63, 3.8) is 0 Å². The molecule has 1 aliphatic rings. The van der Waals surface area contributed by atoms with Crippen molar-refractivity contribution in [2.75, 3.05) is 5.32 Å². The predicted octanol–water partition coefficient (Wildman–Crippen LogP) is 3.25. The van der Waals surface area contributed by atoms with E-state index in [0.29, 0.717) is 0 Å². The minimum absolute atomic E-state index is 0.678. The monoisotopic (exact) mass is 236 g/mol. The van der Waals surface area contributed by atoms with Gasteiger partial charge in [0.1, 0.15) is 0 Å². The number of aliphatic hydroxyl groups is 1. The van der Waals surface area contributed by atoms with E-state index in [9.17, 15) is 5.11 Å². The molecule has 0 amide bonds. The van der Waals surface area contributed by atoms with Crippen molar-refractivity contribution >= 4 is 16.6 Å². The van der Waals surface area contributed by atoms with Crippen LogP contribution in [0.2, 0.25) is 0 Å². The first-order valence-corrected chi connectivity index (χ1v) is 5.99. The van der Waals surface area contributed by atoms with Gasteiger partial charge >= 0.3 is 0 Å². The van der Waals surface area contributed by atoms with Crippen molar-refractivity contribution < 1.29 is 5.11 Å². The number of anilines is 1. The highest BCUT2D eigenvalue weighted by atomic mass is 16.3. The van der Waals surface area contributed by atoms with Gasteiger partial charge in [0, 0.05) is 27.7 Å². The number of rotatable bonds is 0. The molecule has 3 nitrogen and oxygen atoms in total. The van der Waals surface area contributed by atoms with Crippen LogP contribution in [0.25, 0.3) is 22.0 Å². The third-order valence-corrected chi connectivity index (χ3v) is 3.50. The summed E-state index contributed by atoms with van der Waals surface area (Å²) < 4.78 is 0. The van der Waals surface area contributed by atoms with Crippen molar-refractivity contribution in [2.45, 2.75) is 6.23 Å². The van der Waals surface area contributed by atoms with Crippen LogP contribution in [0.5, 0.6) is 0 Å². The van der Waals surface area contributed by atoms with Gasteiger partial charge in [-0.2, -0.15) is 0 Å². The molecule has 3 N–H and O–H groups in total. The van der Waals surface area contributed by atoms with Crippen LogP contribution in [0.3, 0.4) is 0 Å². The molecule has 18 heavy (non-hydrogen) atoms. The summed E-state index contributed by atoms with van der Waals surface area (Å²) >= 11 is 0. The summed E-state index contributed by atoms with van der Waals surface area (Å²) in [5, 5.41) is 14.4. The normalized spacial score (nSPS) is 17.1. The second kappa shape index (κ2) is 3.37. The molecule has 1 aliphatic heterocycles. The molecule has 0 saturated carbocycles. The molecule has 2 heterocycles. The maximum absolute atomic E-state index is 10.2. The van der Waals surface area contributed by atoms with E-state index in [1.807, 2.05) is 36.4 Å². The topological polar surface area (TPSA) is 48.0 Å². The quantitative estimate of drug-likeness (QED) is 0.561. The number of aliphatic hydroxyl groups excluding tert-OH is 1. The highest BCUT2D eigenvalue weighted by Gasteiger charge is 2.25. The van der Waals surface area contributed by atoms with E-state index >= 15 is 0 Å². The van der Waals surface area contributed by atoms with Gasteiger partial charge in [0.15, 0.2) is 6.23 Å². The lowest BCUT2D eigenvalue weighted by Crippen LogP contribution is -2.15. The molecule has 0 saturated heterocycles. The van der Waals surface area contributed by atoms with Crippen molar-refractivity contribution in [3.8, 4) is 11.1 Å². The average Bonchev–Trinajstić information content (AvgIpc) is 2.79. The van der Waals surface area contributed by atoms with Gasteiger partial charge in [-0.25, -0.2) is 0 Å². The number of aromatic nitrogens is 1. The molecule has 1 unspecified atom stereocenters. The van der Waals surface area contributed by atoms with Gasteiger partial charge in [-0.3, -0.25) is 0 Å². The number of hydrogen-bond donors (Lipinski definition) is 3. The van der Waals surface area contributed by atoms with E-state index in [0.717, 1.165) is 33.4 Å². The van der Waals surface area contributed by atoms with E-state index < -0.39 is 6.23 Å². The summed E-state index contributed by atoms with van der Waals surface area (Å²) in [4.78, 5) is 3.29. The Balaban J connectivity index is 2.15. The van der Waals surface area contributed by atoms with Crippen molar-refractivity contribution in [1.29, 1.82) is 0 Å². The standard InChI is InChI=1S/C15H12N2O/c18-15-14-13(9-5-1-3-7-11(9)16-14)10-6-2-4-8-12(10)17-15/h1-8,15-18H. The van der Waals surface area contributed by atoms with Crippen molar-refractivity contribution in [2.24, 2.45) is 0 Å². The van der Waals surface area contributed by atoms with Gasteiger partial charge in [0.25, 0.3) is 0 Å². The second-order valence-corrected chi connectivity index (χ2v) is 4.55. The van der Waals surface area contributed by atoms with Gasteiger partial charge in [0.05, 0.1) is 5.69 Å². The molecule has 4 rings (SSSR count). The lowest BCUT2D eigenvalue weighted by Gasteiger charge is -2.23. The predicted molar refractivity (Wildman–Crippen MR) is 72.3 cm³/mol. The zero-order valence-electron chi connectivity index (χ0n) is 9.64. The Labute approximate surface area is 104 Å². The lowest BCUT2D eigenvalue weighted by atomic mass is 9.96. The molecule has 1 aromatic heterocycles. The molecule has 0 radical (unpaired) electrons. The summed E-state index contributed by atoms with van der Waals surface area (Å²) in [5.74, 6) is 0. The number of benzene rings is 2. The first kappa shape index (κ1) is 9.74. The Bertz CT molecular complexity index is 745. The molecule has 88 valence electrons. The molecule has 0 aliphatic carbocycles. The molecular weight excluding hydrogens is 224 g/mol. The van der Waals surface area contributed by atoms with E-state index in [4.69, 9.17) is 0 Å². The Morgan fingerprint density at radius 1 is 0.944 bits per heavy atom.